The third-order valence-corrected chi connectivity index (χ3v) is 4.95. The van der Waals surface area contributed by atoms with Gasteiger partial charge in [-0.2, -0.15) is 0 Å². The number of carbonyl (C=O) groups is 1. The summed E-state index contributed by atoms with van der Waals surface area (Å²) in [5, 5.41) is 1.07. The number of halogens is 2. The third kappa shape index (κ3) is 3.65. The lowest BCUT2D eigenvalue weighted by Gasteiger charge is -2.11. The van der Waals surface area contributed by atoms with Crippen molar-refractivity contribution in [1.82, 2.24) is 15.0 Å². The average Bonchev–Trinajstić information content (AvgIpc) is 2.73. The minimum Gasteiger partial charge on any atom is -0.321 e. The molecule has 148 valence electrons. The summed E-state index contributed by atoms with van der Waals surface area (Å²) in [5.74, 6) is -1.11. The number of pyridine rings is 3. The van der Waals surface area contributed by atoms with Gasteiger partial charge in [-0.05, 0) is 48.9 Å². The van der Waals surface area contributed by atoms with E-state index in [0.717, 1.165) is 6.20 Å². The van der Waals surface area contributed by atoms with Gasteiger partial charge in [0.2, 0.25) is 0 Å². The van der Waals surface area contributed by atoms with Crippen LogP contribution in [0.4, 0.5) is 4.39 Å². The quantitative estimate of drug-likeness (QED) is 0.374. The number of nitrogens with one attached hydrogen (secondary N) is 1. The predicted octanol–water partition coefficient (Wildman–Crippen LogP) is 4.98. The third-order valence-electron chi connectivity index (χ3n) is 4.71. The molecule has 0 aliphatic carbocycles. The van der Waals surface area contributed by atoms with Crippen molar-refractivity contribution in [3.05, 3.63) is 99.1 Å². The molecule has 0 saturated carbocycles. The lowest BCUT2D eigenvalue weighted by Crippen LogP contribution is -2.18. The van der Waals surface area contributed by atoms with E-state index >= 15 is 0 Å². The monoisotopic (exact) mass is 419 g/mol. The van der Waals surface area contributed by atoms with E-state index < -0.39 is 17.2 Å². The van der Waals surface area contributed by atoms with E-state index in [1.54, 1.807) is 49.6 Å². The summed E-state index contributed by atoms with van der Waals surface area (Å²) in [5.41, 5.74) is 1.75. The Kier molecular flexibility index (Phi) is 5.25. The van der Waals surface area contributed by atoms with Gasteiger partial charge in [0.15, 0.2) is 5.78 Å². The van der Waals surface area contributed by atoms with Crippen molar-refractivity contribution < 1.29 is 9.18 Å². The molecule has 0 aliphatic rings. The number of nitrogens with zero attached hydrogens (tertiary/aromatic N) is 2. The van der Waals surface area contributed by atoms with Gasteiger partial charge in [-0.25, -0.2) is 4.39 Å². The van der Waals surface area contributed by atoms with Crippen LogP contribution in [0.15, 0.2) is 66.0 Å². The number of ketones is 1. The number of rotatable bonds is 4. The van der Waals surface area contributed by atoms with Crippen LogP contribution in [-0.4, -0.2) is 20.7 Å². The van der Waals surface area contributed by atoms with Gasteiger partial charge in [0.05, 0.1) is 11.8 Å². The number of hydrogen-bond acceptors (Lipinski definition) is 4. The maximum absolute atomic E-state index is 14.1. The molecule has 0 atom stereocenters. The van der Waals surface area contributed by atoms with Crippen LogP contribution in [0.3, 0.4) is 0 Å². The molecule has 0 bridgehead atoms. The van der Waals surface area contributed by atoms with Crippen LogP contribution in [0.2, 0.25) is 5.02 Å². The summed E-state index contributed by atoms with van der Waals surface area (Å²) >= 11 is 6.17. The number of aromatic amines is 1. The van der Waals surface area contributed by atoms with Gasteiger partial charge in [0.1, 0.15) is 5.82 Å². The molecule has 3 aromatic heterocycles. The molecule has 0 saturated heterocycles. The Labute approximate surface area is 175 Å². The van der Waals surface area contributed by atoms with Crippen molar-refractivity contribution in [1.29, 1.82) is 0 Å². The van der Waals surface area contributed by atoms with Crippen molar-refractivity contribution in [3.8, 4) is 11.1 Å². The number of allylic oxidation sites excluding steroid dienone is 1. The molecule has 5 nitrogen and oxygen atoms in total. The molecule has 0 fully saturated rings. The maximum Gasteiger partial charge on any atom is 0.260 e. The molecule has 30 heavy (non-hydrogen) atoms. The Bertz CT molecular complexity index is 1340. The van der Waals surface area contributed by atoms with E-state index in [1.165, 1.54) is 18.3 Å². The highest BCUT2D eigenvalue weighted by atomic mass is 35.5. The van der Waals surface area contributed by atoms with Crippen molar-refractivity contribution in [2.45, 2.75) is 6.92 Å². The molecule has 1 N–H and O–H groups in total. The van der Waals surface area contributed by atoms with E-state index in [-0.39, 0.29) is 11.1 Å². The molecule has 0 radical (unpaired) electrons. The highest BCUT2D eigenvalue weighted by Gasteiger charge is 2.20. The summed E-state index contributed by atoms with van der Waals surface area (Å²) in [6.45, 7) is 1.69. The van der Waals surface area contributed by atoms with Crippen LogP contribution in [-0.2, 0) is 0 Å². The minimum absolute atomic E-state index is 0.0684. The summed E-state index contributed by atoms with van der Waals surface area (Å²) in [4.78, 5) is 36.5. The number of carbonyl (C=O) groups excluding carboxylic acids is 1. The Hall–Kier alpha value is -3.64. The SMILES string of the molecule is Cc1cncc(F)c1/C=C/C(=O)c1c(-c2cccnc2)c2cc(Cl)ccc2[nH]c1=O. The lowest BCUT2D eigenvalue weighted by atomic mass is 9.94. The first-order valence-electron chi connectivity index (χ1n) is 9.04. The summed E-state index contributed by atoms with van der Waals surface area (Å²) in [7, 11) is 0. The Morgan fingerprint density at radius 2 is 2.00 bits per heavy atom. The Morgan fingerprint density at radius 1 is 1.17 bits per heavy atom. The van der Waals surface area contributed by atoms with Crippen molar-refractivity contribution in [3.63, 3.8) is 0 Å². The fourth-order valence-electron chi connectivity index (χ4n) is 3.31. The lowest BCUT2D eigenvalue weighted by molar-refractivity contribution is 0.104. The first kappa shape index (κ1) is 19.7. The molecular formula is C23H15ClFN3O2. The molecule has 3 heterocycles. The van der Waals surface area contributed by atoms with Crippen molar-refractivity contribution in [2.75, 3.05) is 0 Å². The van der Waals surface area contributed by atoms with E-state index in [9.17, 15) is 14.0 Å². The number of aromatic nitrogens is 3. The molecule has 0 spiro atoms. The zero-order valence-corrected chi connectivity index (χ0v) is 16.6. The van der Waals surface area contributed by atoms with Gasteiger partial charge in [0.25, 0.3) is 5.56 Å². The highest BCUT2D eigenvalue weighted by Crippen LogP contribution is 2.31. The second-order valence-corrected chi connectivity index (χ2v) is 7.12. The average molecular weight is 420 g/mol. The van der Waals surface area contributed by atoms with E-state index in [0.29, 0.717) is 32.6 Å². The van der Waals surface area contributed by atoms with Gasteiger partial charge in [0, 0.05) is 51.2 Å². The summed E-state index contributed by atoms with van der Waals surface area (Å²) in [6, 6.07) is 8.49. The van der Waals surface area contributed by atoms with Gasteiger partial charge in [-0.15, -0.1) is 0 Å². The molecule has 0 unspecified atom stereocenters. The fraction of sp³-hybridized carbons (Fsp3) is 0.0435. The van der Waals surface area contributed by atoms with Gasteiger partial charge >= 0.3 is 0 Å². The molecule has 4 rings (SSSR count). The van der Waals surface area contributed by atoms with Crippen LogP contribution in [0.1, 0.15) is 21.5 Å². The first-order chi connectivity index (χ1) is 14.5. The van der Waals surface area contributed by atoms with Gasteiger partial charge < -0.3 is 4.98 Å². The van der Waals surface area contributed by atoms with E-state index in [1.807, 2.05) is 0 Å². The van der Waals surface area contributed by atoms with Crippen molar-refractivity contribution >= 4 is 34.4 Å². The second kappa shape index (κ2) is 8.00. The molecule has 0 aliphatic heterocycles. The standard InChI is InChI=1S/C23H15ClFN3O2/c1-13-10-27-12-18(25)16(13)5-7-20(29)22-21(14-3-2-8-26-11-14)17-9-15(24)4-6-19(17)28-23(22)30/h2-12H,1H3,(H,28,30)/b7-5+. The zero-order chi connectivity index (χ0) is 21.3. The molecule has 0 amide bonds. The van der Waals surface area contributed by atoms with Gasteiger partial charge in [-0.1, -0.05) is 17.7 Å². The number of H-pyrrole nitrogens is 1. The van der Waals surface area contributed by atoms with Crippen LogP contribution in [0.25, 0.3) is 28.1 Å². The number of hydrogen-bond donors (Lipinski definition) is 1. The number of benzene rings is 1. The second-order valence-electron chi connectivity index (χ2n) is 6.69. The van der Waals surface area contributed by atoms with Crippen LogP contribution < -0.4 is 5.56 Å². The fourth-order valence-corrected chi connectivity index (χ4v) is 3.48. The minimum atomic E-state index is -0.562. The molecule has 4 aromatic rings. The topological polar surface area (TPSA) is 75.7 Å². The van der Waals surface area contributed by atoms with Gasteiger partial charge in [-0.3, -0.25) is 19.6 Å². The Balaban J connectivity index is 1.94. The predicted molar refractivity (Wildman–Crippen MR) is 115 cm³/mol. The first-order valence-corrected chi connectivity index (χ1v) is 9.42. The van der Waals surface area contributed by atoms with E-state index in [4.69, 9.17) is 11.6 Å². The van der Waals surface area contributed by atoms with E-state index in [2.05, 4.69) is 15.0 Å². The highest BCUT2D eigenvalue weighted by molar-refractivity contribution is 6.31. The van der Waals surface area contributed by atoms with Crippen LogP contribution in [0.5, 0.6) is 0 Å². The number of aryl methyl sites for hydroxylation is 1. The molecular weight excluding hydrogens is 405 g/mol. The van der Waals surface area contributed by atoms with Crippen LogP contribution in [0, 0.1) is 12.7 Å². The van der Waals surface area contributed by atoms with Crippen molar-refractivity contribution in [2.24, 2.45) is 0 Å². The smallest absolute Gasteiger partial charge is 0.260 e. The van der Waals surface area contributed by atoms with Crippen LogP contribution >= 0.6 is 11.6 Å². The Morgan fingerprint density at radius 3 is 2.73 bits per heavy atom. The normalized spacial score (nSPS) is 11.3. The molecule has 1 aromatic carbocycles. The molecule has 7 heteroatoms. The maximum atomic E-state index is 14.1. The zero-order valence-electron chi connectivity index (χ0n) is 15.8. The largest absolute Gasteiger partial charge is 0.321 e. The summed E-state index contributed by atoms with van der Waals surface area (Å²) < 4.78 is 14.1. The summed E-state index contributed by atoms with van der Waals surface area (Å²) in [6.07, 6.45) is 8.28. The number of fused-ring (bicyclic) bond motifs is 1.